The van der Waals surface area contributed by atoms with E-state index in [9.17, 15) is 0 Å². The number of nitrogens with two attached hydrogens (primary N) is 1. The lowest BCUT2D eigenvalue weighted by atomic mass is 10.1. The Morgan fingerprint density at radius 2 is 1.74 bits per heavy atom. The molecule has 2 heterocycles. The largest absolute Gasteiger partial charge is 0.326 e. The summed E-state index contributed by atoms with van der Waals surface area (Å²) in [5.41, 5.74) is 8.74. The van der Waals surface area contributed by atoms with Gasteiger partial charge >= 0.3 is 0 Å². The number of hydrogen-bond acceptors (Lipinski definition) is 4. The Labute approximate surface area is 110 Å². The van der Waals surface area contributed by atoms with E-state index in [1.54, 1.807) is 29.3 Å². The van der Waals surface area contributed by atoms with Gasteiger partial charge in [0.2, 0.25) is 0 Å². The van der Waals surface area contributed by atoms with Gasteiger partial charge in [-0.2, -0.15) is 9.78 Å². The van der Waals surface area contributed by atoms with Gasteiger partial charge in [0.05, 0.1) is 11.9 Å². The molecule has 5 nitrogen and oxygen atoms in total. The van der Waals surface area contributed by atoms with Crippen molar-refractivity contribution in [2.24, 2.45) is 5.73 Å². The molecule has 0 saturated heterocycles. The third kappa shape index (κ3) is 2.11. The third-order valence-corrected chi connectivity index (χ3v) is 2.85. The molecule has 1 aromatic carbocycles. The molecule has 19 heavy (non-hydrogen) atoms. The highest BCUT2D eigenvalue weighted by molar-refractivity contribution is 5.64. The molecular weight excluding hydrogens is 238 g/mol. The van der Waals surface area contributed by atoms with E-state index < -0.39 is 0 Å². The van der Waals surface area contributed by atoms with Crippen molar-refractivity contribution in [2.75, 3.05) is 0 Å². The number of rotatable bonds is 3. The van der Waals surface area contributed by atoms with Crippen molar-refractivity contribution in [3.8, 4) is 17.2 Å². The Morgan fingerprint density at radius 1 is 1.00 bits per heavy atom. The van der Waals surface area contributed by atoms with E-state index in [1.807, 2.05) is 30.3 Å². The summed E-state index contributed by atoms with van der Waals surface area (Å²) >= 11 is 0. The monoisotopic (exact) mass is 251 g/mol. The summed E-state index contributed by atoms with van der Waals surface area (Å²) in [6.45, 7) is 0.428. The van der Waals surface area contributed by atoms with Gasteiger partial charge in [-0.1, -0.05) is 30.3 Å². The predicted octanol–water partition coefficient (Wildman–Crippen LogP) is 1.79. The number of benzene rings is 1. The Hall–Kier alpha value is -2.53. The van der Waals surface area contributed by atoms with Crippen molar-refractivity contribution in [3.05, 3.63) is 60.6 Å². The van der Waals surface area contributed by atoms with Crippen molar-refractivity contribution in [1.29, 1.82) is 0 Å². The van der Waals surface area contributed by atoms with Crippen LogP contribution in [0.2, 0.25) is 0 Å². The van der Waals surface area contributed by atoms with Gasteiger partial charge in [-0.05, 0) is 6.07 Å². The van der Waals surface area contributed by atoms with Crippen LogP contribution in [-0.2, 0) is 6.54 Å². The second kappa shape index (κ2) is 4.99. The highest BCUT2D eigenvalue weighted by atomic mass is 15.3. The number of aromatic nitrogens is 4. The lowest BCUT2D eigenvalue weighted by Gasteiger charge is -2.07. The maximum atomic E-state index is 5.79. The van der Waals surface area contributed by atoms with Gasteiger partial charge < -0.3 is 5.73 Å². The summed E-state index contributed by atoms with van der Waals surface area (Å²) in [5, 5.41) is 4.35. The van der Waals surface area contributed by atoms with Gasteiger partial charge in [-0.25, -0.2) is 9.97 Å². The summed E-state index contributed by atoms with van der Waals surface area (Å²) in [4.78, 5) is 8.46. The zero-order valence-corrected chi connectivity index (χ0v) is 10.3. The van der Waals surface area contributed by atoms with E-state index in [2.05, 4.69) is 15.1 Å². The fraction of sp³-hybridized carbons (Fsp3) is 0.0714. The molecule has 3 rings (SSSR count). The van der Waals surface area contributed by atoms with E-state index in [-0.39, 0.29) is 0 Å². The molecule has 0 aliphatic heterocycles. The average Bonchev–Trinajstić information content (AvgIpc) is 2.93. The van der Waals surface area contributed by atoms with E-state index in [0.717, 1.165) is 16.8 Å². The number of hydrogen-bond donors (Lipinski definition) is 1. The molecule has 0 spiro atoms. The second-order valence-corrected chi connectivity index (χ2v) is 4.05. The first kappa shape index (κ1) is 11.6. The molecule has 2 N–H and O–H groups in total. The molecule has 2 aromatic heterocycles. The molecule has 0 radical (unpaired) electrons. The smallest absolute Gasteiger partial charge is 0.251 e. The fourth-order valence-electron chi connectivity index (χ4n) is 1.99. The molecule has 0 fully saturated rings. The minimum atomic E-state index is 0.428. The van der Waals surface area contributed by atoms with Gasteiger partial charge in [0.1, 0.15) is 0 Å². The number of nitrogens with zero attached hydrogens (tertiary/aromatic N) is 4. The van der Waals surface area contributed by atoms with Crippen LogP contribution in [0.1, 0.15) is 5.56 Å². The second-order valence-electron chi connectivity index (χ2n) is 4.05. The molecule has 0 amide bonds. The summed E-state index contributed by atoms with van der Waals surface area (Å²) < 4.78 is 1.72. The normalized spacial score (nSPS) is 10.6. The summed E-state index contributed by atoms with van der Waals surface area (Å²) in [5.74, 6) is 0.543. The summed E-state index contributed by atoms with van der Waals surface area (Å²) in [7, 11) is 0. The SMILES string of the molecule is NCc1cnn(-c2ncccn2)c1-c1ccccc1. The van der Waals surface area contributed by atoms with Gasteiger partial charge in [0.15, 0.2) is 0 Å². The van der Waals surface area contributed by atoms with Crippen molar-refractivity contribution < 1.29 is 0 Å². The quantitative estimate of drug-likeness (QED) is 0.770. The first-order chi connectivity index (χ1) is 9.40. The molecule has 0 atom stereocenters. The average molecular weight is 251 g/mol. The highest BCUT2D eigenvalue weighted by Crippen LogP contribution is 2.24. The van der Waals surface area contributed by atoms with Crippen LogP contribution in [-0.4, -0.2) is 19.7 Å². The van der Waals surface area contributed by atoms with Crippen LogP contribution in [0.15, 0.2) is 55.0 Å². The van der Waals surface area contributed by atoms with Crippen LogP contribution < -0.4 is 5.73 Å². The minimum absolute atomic E-state index is 0.428. The van der Waals surface area contributed by atoms with Crippen LogP contribution in [0.5, 0.6) is 0 Å². The van der Waals surface area contributed by atoms with Gasteiger partial charge in [0, 0.05) is 30.1 Å². The Morgan fingerprint density at radius 3 is 2.42 bits per heavy atom. The Balaban J connectivity index is 2.20. The molecular formula is C14H13N5. The third-order valence-electron chi connectivity index (χ3n) is 2.85. The lowest BCUT2D eigenvalue weighted by Crippen LogP contribution is -2.05. The molecule has 94 valence electrons. The zero-order valence-electron chi connectivity index (χ0n) is 10.3. The molecule has 3 aromatic rings. The van der Waals surface area contributed by atoms with E-state index in [4.69, 9.17) is 5.73 Å². The maximum absolute atomic E-state index is 5.79. The topological polar surface area (TPSA) is 69.6 Å². The molecule has 0 unspecified atom stereocenters. The standard InChI is InChI=1S/C14H13N5/c15-9-12-10-18-19(14-16-7-4-8-17-14)13(12)11-5-2-1-3-6-11/h1-8,10H,9,15H2. The molecule has 0 saturated carbocycles. The van der Waals surface area contributed by atoms with Gasteiger partial charge in [-0.3, -0.25) is 0 Å². The maximum Gasteiger partial charge on any atom is 0.251 e. The van der Waals surface area contributed by atoms with Crippen molar-refractivity contribution >= 4 is 0 Å². The van der Waals surface area contributed by atoms with Gasteiger partial charge in [0.25, 0.3) is 5.95 Å². The van der Waals surface area contributed by atoms with Crippen LogP contribution in [0.4, 0.5) is 0 Å². The minimum Gasteiger partial charge on any atom is -0.326 e. The zero-order chi connectivity index (χ0) is 13.1. The molecule has 0 aliphatic carbocycles. The molecule has 5 heteroatoms. The van der Waals surface area contributed by atoms with E-state index in [0.29, 0.717) is 12.5 Å². The van der Waals surface area contributed by atoms with Crippen molar-refractivity contribution in [2.45, 2.75) is 6.54 Å². The Kier molecular flexibility index (Phi) is 3.04. The Bertz CT molecular complexity index is 661. The lowest BCUT2D eigenvalue weighted by molar-refractivity contribution is 0.814. The summed E-state index contributed by atoms with van der Waals surface area (Å²) in [6.07, 6.45) is 5.15. The van der Waals surface area contributed by atoms with Crippen LogP contribution in [0.3, 0.4) is 0 Å². The van der Waals surface area contributed by atoms with Crippen molar-refractivity contribution in [3.63, 3.8) is 0 Å². The van der Waals surface area contributed by atoms with Gasteiger partial charge in [-0.15, -0.1) is 0 Å². The first-order valence-electron chi connectivity index (χ1n) is 6.00. The van der Waals surface area contributed by atoms with E-state index in [1.165, 1.54) is 0 Å². The predicted molar refractivity (Wildman–Crippen MR) is 72.5 cm³/mol. The molecule has 0 aliphatic rings. The molecule has 0 bridgehead atoms. The van der Waals surface area contributed by atoms with Crippen LogP contribution in [0, 0.1) is 0 Å². The summed E-state index contributed by atoms with van der Waals surface area (Å²) in [6, 6.07) is 11.8. The fourth-order valence-corrected chi connectivity index (χ4v) is 1.99. The first-order valence-corrected chi connectivity index (χ1v) is 6.00. The highest BCUT2D eigenvalue weighted by Gasteiger charge is 2.14. The van der Waals surface area contributed by atoms with E-state index >= 15 is 0 Å². The van der Waals surface area contributed by atoms with Crippen LogP contribution in [0.25, 0.3) is 17.2 Å². The van der Waals surface area contributed by atoms with Crippen LogP contribution >= 0.6 is 0 Å². The van der Waals surface area contributed by atoms with Crippen molar-refractivity contribution in [1.82, 2.24) is 19.7 Å².